The van der Waals surface area contributed by atoms with Crippen molar-refractivity contribution in [1.29, 1.82) is 0 Å². The second-order valence-electron chi connectivity index (χ2n) is 4.13. The van der Waals surface area contributed by atoms with E-state index in [9.17, 15) is 8.42 Å². The maximum atomic E-state index is 10.9. The van der Waals surface area contributed by atoms with Crippen LogP contribution in [0.4, 0.5) is 0 Å². The Kier molecular flexibility index (Phi) is 3.49. The van der Waals surface area contributed by atoms with Crippen LogP contribution in [0.15, 0.2) is 30.5 Å². The molecule has 1 aromatic carbocycles. The minimum absolute atomic E-state index is 0.484. The summed E-state index contributed by atoms with van der Waals surface area (Å²) in [6.45, 7) is 0.484. The number of hydrogen-bond donors (Lipinski definition) is 2. The van der Waals surface area contributed by atoms with E-state index >= 15 is 0 Å². The third kappa shape index (κ3) is 3.31. The van der Waals surface area contributed by atoms with E-state index in [-0.39, 0.29) is 0 Å². The molecule has 0 aliphatic carbocycles. The summed E-state index contributed by atoms with van der Waals surface area (Å²) in [5, 5.41) is 1.21. The molecule has 0 unspecified atom stereocenters. The Morgan fingerprint density at radius 3 is 2.82 bits per heavy atom. The number of nitrogens with one attached hydrogen (secondary N) is 2. The van der Waals surface area contributed by atoms with Gasteiger partial charge in [-0.05, 0) is 24.5 Å². The number of H-pyrrole nitrogens is 1. The third-order valence-electron chi connectivity index (χ3n) is 2.66. The number of aryl methyl sites for hydroxylation is 1. The van der Waals surface area contributed by atoms with E-state index in [4.69, 9.17) is 0 Å². The van der Waals surface area contributed by atoms with Gasteiger partial charge in [0.2, 0.25) is 10.0 Å². The van der Waals surface area contributed by atoms with Crippen LogP contribution in [0.3, 0.4) is 0 Å². The maximum Gasteiger partial charge on any atom is 0.208 e. The Morgan fingerprint density at radius 1 is 1.29 bits per heavy atom. The van der Waals surface area contributed by atoms with Gasteiger partial charge in [-0.15, -0.1) is 0 Å². The third-order valence-corrected chi connectivity index (χ3v) is 3.39. The number of sulfonamides is 1. The highest BCUT2D eigenvalue weighted by Gasteiger charge is 2.03. The fourth-order valence-electron chi connectivity index (χ4n) is 1.87. The molecule has 5 heteroatoms. The van der Waals surface area contributed by atoms with E-state index in [1.165, 1.54) is 17.2 Å². The molecular weight excluding hydrogens is 236 g/mol. The molecule has 2 rings (SSSR count). The topological polar surface area (TPSA) is 62.0 Å². The van der Waals surface area contributed by atoms with E-state index in [0.717, 1.165) is 18.4 Å². The van der Waals surface area contributed by atoms with Crippen LogP contribution < -0.4 is 4.72 Å². The molecule has 0 aliphatic rings. The lowest BCUT2D eigenvalue weighted by molar-refractivity contribution is 0.585. The standard InChI is InChI=1S/C12H16N2O2S/c1-17(15,16)14-8-4-5-10-9-13-12-7-3-2-6-11(10)12/h2-3,6-7,9,13-14H,4-5,8H2,1H3. The first-order valence-electron chi connectivity index (χ1n) is 5.56. The number of hydrogen-bond acceptors (Lipinski definition) is 2. The Bertz CT molecular complexity index is 602. The molecular formula is C12H16N2O2S. The Hall–Kier alpha value is -1.33. The molecule has 0 atom stereocenters. The average Bonchev–Trinajstić information content (AvgIpc) is 2.67. The zero-order valence-electron chi connectivity index (χ0n) is 9.73. The number of rotatable bonds is 5. The number of aromatic amines is 1. The second-order valence-corrected chi connectivity index (χ2v) is 5.96. The molecule has 0 spiro atoms. The minimum atomic E-state index is -3.07. The van der Waals surface area contributed by atoms with Gasteiger partial charge in [0.25, 0.3) is 0 Å². The van der Waals surface area contributed by atoms with Crippen LogP contribution in [0.5, 0.6) is 0 Å². The first kappa shape index (κ1) is 12.1. The van der Waals surface area contributed by atoms with Gasteiger partial charge in [-0.2, -0.15) is 0 Å². The quantitative estimate of drug-likeness (QED) is 0.795. The molecule has 0 bridgehead atoms. The molecule has 2 aromatic rings. The minimum Gasteiger partial charge on any atom is -0.361 e. The number of para-hydroxylation sites is 1. The second kappa shape index (κ2) is 4.89. The van der Waals surface area contributed by atoms with E-state index in [0.29, 0.717) is 6.54 Å². The molecule has 1 aromatic heterocycles. The van der Waals surface area contributed by atoms with Gasteiger partial charge in [-0.25, -0.2) is 13.1 Å². The Labute approximate surface area is 101 Å². The van der Waals surface area contributed by atoms with Crippen LogP contribution in [0.2, 0.25) is 0 Å². The van der Waals surface area contributed by atoms with Crippen molar-refractivity contribution in [2.75, 3.05) is 12.8 Å². The first-order chi connectivity index (χ1) is 8.06. The summed E-state index contributed by atoms with van der Waals surface area (Å²) in [6.07, 6.45) is 4.84. The molecule has 2 N–H and O–H groups in total. The van der Waals surface area contributed by atoms with Crippen molar-refractivity contribution in [3.63, 3.8) is 0 Å². The fourth-order valence-corrected chi connectivity index (χ4v) is 2.39. The van der Waals surface area contributed by atoms with Crippen LogP contribution in [-0.4, -0.2) is 26.2 Å². The summed E-state index contributed by atoms with van der Waals surface area (Å²) in [5.41, 5.74) is 2.36. The van der Waals surface area contributed by atoms with E-state index in [1.54, 1.807) is 0 Å². The summed E-state index contributed by atoms with van der Waals surface area (Å²) < 4.78 is 24.3. The van der Waals surface area contributed by atoms with Gasteiger partial charge in [0, 0.05) is 23.6 Å². The van der Waals surface area contributed by atoms with Crippen molar-refractivity contribution in [1.82, 2.24) is 9.71 Å². The predicted octanol–water partition coefficient (Wildman–Crippen LogP) is 1.65. The van der Waals surface area contributed by atoms with Crippen LogP contribution in [0, 0.1) is 0 Å². The van der Waals surface area contributed by atoms with E-state index in [1.807, 2.05) is 24.4 Å². The van der Waals surface area contributed by atoms with Gasteiger partial charge >= 0.3 is 0 Å². The molecule has 0 saturated carbocycles. The largest absolute Gasteiger partial charge is 0.361 e. The number of fused-ring (bicyclic) bond motifs is 1. The van der Waals surface area contributed by atoms with Crippen LogP contribution in [0.25, 0.3) is 10.9 Å². The smallest absolute Gasteiger partial charge is 0.208 e. The van der Waals surface area contributed by atoms with E-state index < -0.39 is 10.0 Å². The highest BCUT2D eigenvalue weighted by atomic mass is 32.2. The maximum absolute atomic E-state index is 10.9. The molecule has 4 nitrogen and oxygen atoms in total. The lowest BCUT2D eigenvalue weighted by atomic mass is 10.1. The van der Waals surface area contributed by atoms with Gasteiger partial charge in [0.1, 0.15) is 0 Å². The molecule has 0 aliphatic heterocycles. The normalized spacial score (nSPS) is 12.1. The summed E-state index contributed by atoms with van der Waals surface area (Å²) in [7, 11) is -3.07. The zero-order chi connectivity index (χ0) is 12.3. The summed E-state index contributed by atoms with van der Waals surface area (Å²) in [6, 6.07) is 8.11. The molecule has 92 valence electrons. The monoisotopic (exact) mass is 252 g/mol. The molecule has 0 saturated heterocycles. The highest BCUT2D eigenvalue weighted by Crippen LogP contribution is 2.18. The number of benzene rings is 1. The average molecular weight is 252 g/mol. The fraction of sp³-hybridized carbons (Fsp3) is 0.333. The summed E-state index contributed by atoms with van der Waals surface area (Å²) >= 11 is 0. The predicted molar refractivity (Wildman–Crippen MR) is 69.5 cm³/mol. The van der Waals surface area contributed by atoms with Crippen LogP contribution in [-0.2, 0) is 16.4 Å². The summed E-state index contributed by atoms with van der Waals surface area (Å²) in [4.78, 5) is 3.21. The van der Waals surface area contributed by atoms with Crippen LogP contribution in [0.1, 0.15) is 12.0 Å². The lowest BCUT2D eigenvalue weighted by Crippen LogP contribution is -2.23. The zero-order valence-corrected chi connectivity index (χ0v) is 10.5. The van der Waals surface area contributed by atoms with Crippen molar-refractivity contribution < 1.29 is 8.42 Å². The van der Waals surface area contributed by atoms with Crippen molar-refractivity contribution >= 4 is 20.9 Å². The van der Waals surface area contributed by atoms with Gasteiger partial charge in [-0.3, -0.25) is 0 Å². The van der Waals surface area contributed by atoms with Crippen molar-refractivity contribution in [2.24, 2.45) is 0 Å². The Balaban J connectivity index is 1.96. The molecule has 0 amide bonds. The SMILES string of the molecule is CS(=O)(=O)NCCCc1c[nH]c2ccccc12. The highest BCUT2D eigenvalue weighted by molar-refractivity contribution is 7.88. The van der Waals surface area contributed by atoms with Gasteiger partial charge in [-0.1, -0.05) is 18.2 Å². The summed E-state index contributed by atoms with van der Waals surface area (Å²) in [5.74, 6) is 0. The van der Waals surface area contributed by atoms with Crippen LogP contribution >= 0.6 is 0 Å². The molecule has 17 heavy (non-hydrogen) atoms. The lowest BCUT2D eigenvalue weighted by Gasteiger charge is -2.01. The molecule has 0 fully saturated rings. The molecule has 1 heterocycles. The van der Waals surface area contributed by atoms with Crippen molar-refractivity contribution in [2.45, 2.75) is 12.8 Å². The first-order valence-corrected chi connectivity index (χ1v) is 7.45. The Morgan fingerprint density at radius 2 is 2.06 bits per heavy atom. The van der Waals surface area contributed by atoms with Crippen molar-refractivity contribution in [3.05, 3.63) is 36.0 Å². The number of aromatic nitrogens is 1. The molecule has 0 radical (unpaired) electrons. The van der Waals surface area contributed by atoms with Gasteiger partial charge < -0.3 is 4.98 Å². The van der Waals surface area contributed by atoms with Crippen molar-refractivity contribution in [3.8, 4) is 0 Å². The van der Waals surface area contributed by atoms with Gasteiger partial charge in [0.05, 0.1) is 6.26 Å². The van der Waals surface area contributed by atoms with Gasteiger partial charge in [0.15, 0.2) is 0 Å². The van der Waals surface area contributed by atoms with E-state index in [2.05, 4.69) is 15.8 Å².